The van der Waals surface area contributed by atoms with Crippen molar-refractivity contribution in [3.8, 4) is 5.69 Å². The summed E-state index contributed by atoms with van der Waals surface area (Å²) in [5.41, 5.74) is 1.56. The molecule has 0 saturated heterocycles. The molecule has 0 radical (unpaired) electrons. The number of nitrogens with zero attached hydrogens (tertiary/aromatic N) is 4. The van der Waals surface area contributed by atoms with Crippen LogP contribution >= 0.6 is 23.2 Å². The minimum atomic E-state index is -1.05. The summed E-state index contributed by atoms with van der Waals surface area (Å²) in [5.74, 6) is 0. The highest BCUT2D eigenvalue weighted by Gasteiger charge is 2.21. The van der Waals surface area contributed by atoms with Gasteiger partial charge in [0, 0.05) is 6.20 Å². The average Bonchev–Trinajstić information content (AvgIpc) is 2.97. The number of aliphatic hydroxyl groups excluding tert-OH is 1. The van der Waals surface area contributed by atoms with Crippen molar-refractivity contribution in [3.05, 3.63) is 70.2 Å². The van der Waals surface area contributed by atoms with E-state index >= 15 is 0 Å². The van der Waals surface area contributed by atoms with E-state index in [0.717, 1.165) is 5.69 Å². The molecule has 21 heavy (non-hydrogen) atoms. The molecule has 1 atom stereocenters. The van der Waals surface area contributed by atoms with Gasteiger partial charge in [-0.3, -0.25) is 4.98 Å². The fraction of sp³-hybridized carbons (Fsp3) is 0.0714. The van der Waals surface area contributed by atoms with E-state index < -0.39 is 6.10 Å². The molecular weight excluding hydrogens is 311 g/mol. The van der Waals surface area contributed by atoms with Gasteiger partial charge in [0.05, 0.1) is 33.3 Å². The molecule has 3 aromatic rings. The van der Waals surface area contributed by atoms with Crippen molar-refractivity contribution in [1.82, 2.24) is 20.0 Å². The molecule has 1 unspecified atom stereocenters. The molecule has 0 aliphatic carbocycles. The second kappa shape index (κ2) is 5.81. The van der Waals surface area contributed by atoms with Gasteiger partial charge in [0.1, 0.15) is 6.10 Å². The predicted octanol–water partition coefficient (Wildman–Crippen LogP) is 3.05. The normalized spacial score (nSPS) is 12.3. The van der Waals surface area contributed by atoms with Gasteiger partial charge in [-0.2, -0.15) is 0 Å². The van der Waals surface area contributed by atoms with Gasteiger partial charge in [-0.05, 0) is 18.2 Å². The molecule has 0 bridgehead atoms. The van der Waals surface area contributed by atoms with Gasteiger partial charge in [-0.15, -0.1) is 5.10 Å². The molecule has 0 saturated carbocycles. The second-order valence-corrected chi connectivity index (χ2v) is 5.17. The third-order valence-electron chi connectivity index (χ3n) is 2.95. The fourth-order valence-corrected chi connectivity index (χ4v) is 2.45. The molecule has 0 aliphatic heterocycles. The van der Waals surface area contributed by atoms with Crippen LogP contribution in [0.3, 0.4) is 0 Å². The standard InChI is InChI=1S/C14H10Cl2N4O/c15-9-6-11(16)13(17-7-9)14(21)12-8-18-19-20(12)10-4-2-1-3-5-10/h1-8,14,21H. The Morgan fingerprint density at radius 1 is 1.10 bits per heavy atom. The summed E-state index contributed by atoms with van der Waals surface area (Å²) < 4.78 is 1.54. The largest absolute Gasteiger partial charge is 0.380 e. The highest BCUT2D eigenvalue weighted by atomic mass is 35.5. The quantitative estimate of drug-likeness (QED) is 0.805. The number of hydrogen-bond acceptors (Lipinski definition) is 4. The molecule has 0 fully saturated rings. The van der Waals surface area contributed by atoms with Gasteiger partial charge in [0.25, 0.3) is 0 Å². The Kier molecular flexibility index (Phi) is 3.88. The zero-order valence-electron chi connectivity index (χ0n) is 10.7. The molecule has 3 rings (SSSR count). The molecule has 0 amide bonds. The molecule has 5 nitrogen and oxygen atoms in total. The molecule has 2 aromatic heterocycles. The molecular formula is C14H10Cl2N4O. The first kappa shape index (κ1) is 14.0. The first-order chi connectivity index (χ1) is 10.2. The highest BCUT2D eigenvalue weighted by molar-refractivity contribution is 6.34. The molecule has 106 valence electrons. The summed E-state index contributed by atoms with van der Waals surface area (Å²) in [6.07, 6.45) is 1.86. The van der Waals surface area contributed by atoms with Crippen LogP contribution in [0.15, 0.2) is 48.8 Å². The van der Waals surface area contributed by atoms with E-state index in [2.05, 4.69) is 15.3 Å². The summed E-state index contributed by atoms with van der Waals surface area (Å²) in [6.45, 7) is 0. The van der Waals surface area contributed by atoms with Gasteiger partial charge in [-0.25, -0.2) is 4.68 Å². The van der Waals surface area contributed by atoms with Crippen LogP contribution in [0, 0.1) is 0 Å². The smallest absolute Gasteiger partial charge is 0.141 e. The molecule has 2 heterocycles. The van der Waals surface area contributed by atoms with Crippen LogP contribution in [0.25, 0.3) is 5.69 Å². The van der Waals surface area contributed by atoms with E-state index in [4.69, 9.17) is 23.2 Å². The number of hydrogen-bond donors (Lipinski definition) is 1. The molecule has 1 N–H and O–H groups in total. The van der Waals surface area contributed by atoms with Crippen molar-refractivity contribution in [2.24, 2.45) is 0 Å². The average molecular weight is 321 g/mol. The summed E-state index contributed by atoms with van der Waals surface area (Å²) >= 11 is 11.9. The number of aromatic nitrogens is 4. The van der Waals surface area contributed by atoms with Crippen molar-refractivity contribution < 1.29 is 5.11 Å². The Hall–Kier alpha value is -1.95. The Morgan fingerprint density at radius 2 is 1.86 bits per heavy atom. The Bertz CT molecular complexity index is 761. The maximum Gasteiger partial charge on any atom is 0.141 e. The maximum atomic E-state index is 10.5. The van der Waals surface area contributed by atoms with E-state index in [-0.39, 0.29) is 5.02 Å². The number of halogens is 2. The third kappa shape index (κ3) is 2.76. The number of rotatable bonds is 3. The topological polar surface area (TPSA) is 63.8 Å². The van der Waals surface area contributed by atoms with E-state index in [9.17, 15) is 5.11 Å². The molecule has 1 aromatic carbocycles. The SMILES string of the molecule is OC(c1ncc(Cl)cc1Cl)c1cnnn1-c1ccccc1. The van der Waals surface area contributed by atoms with Crippen LogP contribution in [-0.4, -0.2) is 25.1 Å². The van der Waals surface area contributed by atoms with Crippen molar-refractivity contribution in [2.75, 3.05) is 0 Å². The van der Waals surface area contributed by atoms with E-state index in [1.165, 1.54) is 23.1 Å². The van der Waals surface area contributed by atoms with Crippen LogP contribution < -0.4 is 0 Å². The van der Waals surface area contributed by atoms with E-state index in [1.807, 2.05) is 30.3 Å². The Morgan fingerprint density at radius 3 is 2.57 bits per heavy atom. The predicted molar refractivity (Wildman–Crippen MR) is 79.7 cm³/mol. The highest BCUT2D eigenvalue weighted by Crippen LogP contribution is 2.28. The van der Waals surface area contributed by atoms with Gasteiger partial charge in [0.15, 0.2) is 0 Å². The van der Waals surface area contributed by atoms with Crippen LogP contribution in [0.4, 0.5) is 0 Å². The number of para-hydroxylation sites is 1. The van der Waals surface area contributed by atoms with E-state index in [1.54, 1.807) is 0 Å². The summed E-state index contributed by atoms with van der Waals surface area (Å²) in [4.78, 5) is 4.09. The molecule has 7 heteroatoms. The van der Waals surface area contributed by atoms with Crippen molar-refractivity contribution in [3.63, 3.8) is 0 Å². The molecule has 0 aliphatic rings. The number of benzene rings is 1. The number of pyridine rings is 1. The summed E-state index contributed by atoms with van der Waals surface area (Å²) in [7, 11) is 0. The maximum absolute atomic E-state index is 10.5. The first-order valence-corrected chi connectivity index (χ1v) is 6.87. The summed E-state index contributed by atoms with van der Waals surface area (Å²) in [6, 6.07) is 10.9. The van der Waals surface area contributed by atoms with Gasteiger partial charge < -0.3 is 5.11 Å². The van der Waals surface area contributed by atoms with Crippen LogP contribution in [-0.2, 0) is 0 Å². The lowest BCUT2D eigenvalue weighted by atomic mass is 10.1. The van der Waals surface area contributed by atoms with Gasteiger partial charge in [0.2, 0.25) is 0 Å². The van der Waals surface area contributed by atoms with Crippen molar-refractivity contribution in [2.45, 2.75) is 6.10 Å². The van der Waals surface area contributed by atoms with Gasteiger partial charge in [-0.1, -0.05) is 46.6 Å². The zero-order valence-corrected chi connectivity index (χ0v) is 12.2. The van der Waals surface area contributed by atoms with Crippen molar-refractivity contribution in [1.29, 1.82) is 0 Å². The number of aliphatic hydroxyl groups is 1. The van der Waals surface area contributed by atoms with E-state index in [0.29, 0.717) is 16.4 Å². The van der Waals surface area contributed by atoms with Crippen LogP contribution in [0.5, 0.6) is 0 Å². The Balaban J connectivity index is 2.03. The fourth-order valence-electron chi connectivity index (χ4n) is 1.97. The van der Waals surface area contributed by atoms with Crippen molar-refractivity contribution >= 4 is 23.2 Å². The Labute approximate surface area is 130 Å². The third-order valence-corrected chi connectivity index (χ3v) is 3.46. The van der Waals surface area contributed by atoms with Crippen LogP contribution in [0.1, 0.15) is 17.5 Å². The monoisotopic (exact) mass is 320 g/mol. The lowest BCUT2D eigenvalue weighted by Gasteiger charge is -2.13. The summed E-state index contributed by atoms with van der Waals surface area (Å²) in [5, 5.41) is 19.0. The lowest BCUT2D eigenvalue weighted by Crippen LogP contribution is -2.10. The zero-order chi connectivity index (χ0) is 14.8. The second-order valence-electron chi connectivity index (χ2n) is 4.33. The minimum Gasteiger partial charge on any atom is -0.380 e. The lowest BCUT2D eigenvalue weighted by molar-refractivity contribution is 0.207. The van der Waals surface area contributed by atoms with Crippen LogP contribution in [0.2, 0.25) is 10.0 Å². The van der Waals surface area contributed by atoms with Gasteiger partial charge >= 0.3 is 0 Å². The first-order valence-electron chi connectivity index (χ1n) is 6.12. The molecule has 0 spiro atoms. The minimum absolute atomic E-state index is 0.288.